The van der Waals surface area contributed by atoms with Crippen molar-refractivity contribution in [1.29, 1.82) is 0 Å². The van der Waals surface area contributed by atoms with Gasteiger partial charge in [0.1, 0.15) is 6.29 Å². The normalized spacial score (nSPS) is 10.4. The number of aldehydes is 1. The average molecular weight is 181 g/mol. The van der Waals surface area contributed by atoms with Gasteiger partial charge in [-0.15, -0.1) is 0 Å². The summed E-state index contributed by atoms with van der Waals surface area (Å²) in [6.45, 7) is 0. The van der Waals surface area contributed by atoms with Gasteiger partial charge in [0.05, 0.1) is 0 Å². The summed E-state index contributed by atoms with van der Waals surface area (Å²) in [6.07, 6.45) is 4.92. The number of rotatable bonds is 3. The molecule has 1 nitrogen and oxygen atoms in total. The molecule has 0 radical (unpaired) electrons. The van der Waals surface area contributed by atoms with Crippen LogP contribution in [0.1, 0.15) is 12.0 Å². The van der Waals surface area contributed by atoms with Crippen LogP contribution in [0.5, 0.6) is 0 Å². The molecule has 0 fully saturated rings. The number of benzene rings is 1. The average Bonchev–Trinajstić information content (AvgIpc) is 2.09. The Balaban J connectivity index is 2.74. The van der Waals surface area contributed by atoms with Crippen LogP contribution in [0, 0.1) is 0 Å². The summed E-state index contributed by atoms with van der Waals surface area (Å²) in [4.78, 5) is 10.00. The Morgan fingerprint density at radius 1 is 1.33 bits per heavy atom. The third-order valence-corrected chi connectivity index (χ3v) is 1.78. The Kier molecular flexibility index (Phi) is 3.55. The molecular formula is C10H9ClO. The molecular weight excluding hydrogens is 172 g/mol. The molecule has 0 heterocycles. The van der Waals surface area contributed by atoms with E-state index in [0.29, 0.717) is 11.4 Å². The molecule has 0 atom stereocenters. The van der Waals surface area contributed by atoms with E-state index in [1.54, 1.807) is 6.08 Å². The van der Waals surface area contributed by atoms with Gasteiger partial charge in [-0.25, -0.2) is 0 Å². The molecule has 0 aliphatic carbocycles. The number of carbonyl (C=O) groups is 1. The molecule has 0 amide bonds. The van der Waals surface area contributed by atoms with Crippen molar-refractivity contribution in [3.63, 3.8) is 0 Å². The predicted molar refractivity (Wildman–Crippen MR) is 51.2 cm³/mol. The smallest absolute Gasteiger partial charge is 0.123 e. The molecule has 0 saturated carbocycles. The zero-order valence-electron chi connectivity index (χ0n) is 6.53. The second kappa shape index (κ2) is 4.73. The highest BCUT2D eigenvalue weighted by molar-refractivity contribution is 6.32. The zero-order chi connectivity index (χ0) is 8.81. The quantitative estimate of drug-likeness (QED) is 0.654. The molecule has 0 N–H and O–H groups in total. The van der Waals surface area contributed by atoms with Gasteiger partial charge in [-0.2, -0.15) is 0 Å². The van der Waals surface area contributed by atoms with Crippen molar-refractivity contribution in [2.45, 2.75) is 6.42 Å². The fourth-order valence-electron chi connectivity index (χ4n) is 0.861. The summed E-state index contributed by atoms with van der Waals surface area (Å²) >= 11 is 5.86. The summed E-state index contributed by atoms with van der Waals surface area (Å²) < 4.78 is 0. The first-order valence-corrected chi connectivity index (χ1v) is 4.07. The van der Waals surface area contributed by atoms with Crippen molar-refractivity contribution in [2.75, 3.05) is 0 Å². The Hall–Kier alpha value is -1.08. The number of hydrogen-bond donors (Lipinski definition) is 0. The number of allylic oxidation sites excluding steroid dienone is 1. The van der Waals surface area contributed by atoms with Crippen LogP contribution in [0.3, 0.4) is 0 Å². The minimum absolute atomic E-state index is 0.436. The summed E-state index contributed by atoms with van der Waals surface area (Å²) in [5.41, 5.74) is 0.945. The van der Waals surface area contributed by atoms with E-state index in [1.165, 1.54) is 0 Å². The highest BCUT2D eigenvalue weighted by atomic mass is 35.5. The highest BCUT2D eigenvalue weighted by Crippen LogP contribution is 2.16. The second-order valence-corrected chi connectivity index (χ2v) is 2.73. The van der Waals surface area contributed by atoms with E-state index in [-0.39, 0.29) is 0 Å². The summed E-state index contributed by atoms with van der Waals surface area (Å²) in [5, 5.41) is 0.708. The van der Waals surface area contributed by atoms with Gasteiger partial charge in [0.25, 0.3) is 0 Å². The zero-order valence-corrected chi connectivity index (χ0v) is 7.29. The van der Waals surface area contributed by atoms with Crippen molar-refractivity contribution < 1.29 is 4.79 Å². The van der Waals surface area contributed by atoms with Crippen LogP contribution in [0.15, 0.2) is 30.3 Å². The molecule has 0 saturated heterocycles. The van der Waals surface area contributed by atoms with Crippen LogP contribution in [0.2, 0.25) is 5.02 Å². The maximum atomic E-state index is 10.00. The van der Waals surface area contributed by atoms with Crippen molar-refractivity contribution in [3.05, 3.63) is 40.9 Å². The maximum absolute atomic E-state index is 10.00. The number of carbonyl (C=O) groups excluding carboxylic acids is 1. The fourth-order valence-corrected chi connectivity index (χ4v) is 1.06. The van der Waals surface area contributed by atoms with Gasteiger partial charge in [-0.05, 0) is 11.6 Å². The molecule has 62 valence electrons. The van der Waals surface area contributed by atoms with Crippen LogP contribution in [-0.2, 0) is 4.79 Å². The summed E-state index contributed by atoms with van der Waals surface area (Å²) in [5.74, 6) is 0. The molecule has 1 aromatic carbocycles. The molecule has 0 bridgehead atoms. The van der Waals surface area contributed by atoms with Gasteiger partial charge < -0.3 is 4.79 Å². The Bertz CT molecular complexity index is 292. The van der Waals surface area contributed by atoms with E-state index in [9.17, 15) is 4.79 Å². The molecule has 12 heavy (non-hydrogen) atoms. The molecule has 0 unspecified atom stereocenters. The van der Waals surface area contributed by atoms with Crippen LogP contribution in [0.25, 0.3) is 6.08 Å². The first kappa shape index (κ1) is 9.01. The Labute approximate surface area is 76.7 Å². The van der Waals surface area contributed by atoms with Gasteiger partial charge in [-0.3, -0.25) is 0 Å². The third kappa shape index (κ3) is 2.51. The Morgan fingerprint density at radius 2 is 2.08 bits per heavy atom. The molecule has 2 heteroatoms. The molecule has 0 aliphatic rings. The number of halogens is 1. The first-order valence-electron chi connectivity index (χ1n) is 3.69. The maximum Gasteiger partial charge on any atom is 0.123 e. The Morgan fingerprint density at radius 3 is 2.75 bits per heavy atom. The van der Waals surface area contributed by atoms with E-state index in [2.05, 4.69) is 0 Å². The largest absolute Gasteiger partial charge is 0.303 e. The molecule has 0 aliphatic heterocycles. The minimum atomic E-state index is 0.436. The van der Waals surface area contributed by atoms with E-state index in [1.807, 2.05) is 30.3 Å². The van der Waals surface area contributed by atoms with Crippen LogP contribution < -0.4 is 0 Å². The van der Waals surface area contributed by atoms with E-state index >= 15 is 0 Å². The van der Waals surface area contributed by atoms with Gasteiger partial charge in [-0.1, -0.05) is 42.0 Å². The lowest BCUT2D eigenvalue weighted by Gasteiger charge is -1.94. The summed E-state index contributed by atoms with van der Waals surface area (Å²) in [7, 11) is 0. The monoisotopic (exact) mass is 180 g/mol. The van der Waals surface area contributed by atoms with E-state index < -0.39 is 0 Å². The lowest BCUT2D eigenvalue weighted by atomic mass is 10.2. The lowest BCUT2D eigenvalue weighted by Crippen LogP contribution is -1.73. The van der Waals surface area contributed by atoms with Gasteiger partial charge in [0.15, 0.2) is 0 Å². The van der Waals surface area contributed by atoms with E-state index in [4.69, 9.17) is 11.6 Å². The van der Waals surface area contributed by atoms with Crippen molar-refractivity contribution in [2.24, 2.45) is 0 Å². The lowest BCUT2D eigenvalue weighted by molar-refractivity contribution is -0.107. The van der Waals surface area contributed by atoms with Crippen molar-refractivity contribution >= 4 is 24.0 Å². The molecule has 0 aromatic heterocycles. The van der Waals surface area contributed by atoms with Gasteiger partial charge in [0.2, 0.25) is 0 Å². The van der Waals surface area contributed by atoms with Crippen LogP contribution in [0.4, 0.5) is 0 Å². The standard InChI is InChI=1S/C10H9ClO/c11-10-7-2-1-5-9(10)6-3-4-8-12/h1-3,5-8H,4H2/b6-3+. The highest BCUT2D eigenvalue weighted by Gasteiger charge is 1.91. The number of hydrogen-bond acceptors (Lipinski definition) is 1. The second-order valence-electron chi connectivity index (χ2n) is 2.33. The molecule has 0 spiro atoms. The van der Waals surface area contributed by atoms with Gasteiger partial charge in [0, 0.05) is 11.4 Å². The predicted octanol–water partition coefficient (Wildman–Crippen LogP) is 2.94. The minimum Gasteiger partial charge on any atom is -0.303 e. The van der Waals surface area contributed by atoms with Crippen LogP contribution in [-0.4, -0.2) is 6.29 Å². The van der Waals surface area contributed by atoms with Crippen molar-refractivity contribution in [1.82, 2.24) is 0 Å². The third-order valence-electron chi connectivity index (χ3n) is 1.43. The van der Waals surface area contributed by atoms with Gasteiger partial charge >= 0.3 is 0 Å². The van der Waals surface area contributed by atoms with E-state index in [0.717, 1.165) is 11.8 Å². The SMILES string of the molecule is O=CC/C=C/c1ccccc1Cl. The first-order chi connectivity index (χ1) is 5.84. The van der Waals surface area contributed by atoms with Crippen LogP contribution >= 0.6 is 11.6 Å². The topological polar surface area (TPSA) is 17.1 Å². The van der Waals surface area contributed by atoms with Crippen molar-refractivity contribution in [3.8, 4) is 0 Å². The summed E-state index contributed by atoms with van der Waals surface area (Å²) in [6, 6.07) is 7.51. The molecule has 1 rings (SSSR count). The fraction of sp³-hybridized carbons (Fsp3) is 0.100. The molecule has 1 aromatic rings.